The molecule has 15 rings (SSSR count). The van der Waals surface area contributed by atoms with Gasteiger partial charge in [-0.1, -0.05) is 109 Å². The van der Waals surface area contributed by atoms with Crippen LogP contribution in [0.25, 0.3) is 104 Å². The van der Waals surface area contributed by atoms with Crippen LogP contribution in [-0.4, -0.2) is 72.7 Å². The van der Waals surface area contributed by atoms with Crippen molar-refractivity contribution in [3.05, 3.63) is 271 Å². The molecule has 0 fully saturated rings. The van der Waals surface area contributed by atoms with E-state index in [0.717, 1.165) is 81.1 Å². The van der Waals surface area contributed by atoms with Crippen molar-refractivity contribution >= 4 is 114 Å². The molecule has 15 aromatic rings. The van der Waals surface area contributed by atoms with Gasteiger partial charge < -0.3 is 9.84 Å². The van der Waals surface area contributed by atoms with Gasteiger partial charge in [-0.15, -0.1) is 49.3 Å². The van der Waals surface area contributed by atoms with E-state index in [1.165, 1.54) is 60.2 Å². The molecule has 0 saturated carbocycles. The number of benzene rings is 6. The number of aromatic nitrogens is 9. The number of carboxylic acids is 1. The zero-order chi connectivity index (χ0) is 63.8. The molecule has 20 nitrogen and oxygen atoms in total. The number of rotatable bonds is 12. The molecule has 0 saturated heterocycles. The average molecular weight is 1270 g/mol. The number of aliphatic carboxylic acids is 1. The Morgan fingerprint density at radius 1 is 0.457 bits per heavy atom. The highest BCUT2D eigenvalue weighted by atomic mass is 32.1. The second-order valence-corrected chi connectivity index (χ2v) is 23.3. The Labute approximate surface area is 530 Å². The van der Waals surface area contributed by atoms with Gasteiger partial charge in [-0.25, -0.2) is 27.6 Å². The van der Waals surface area contributed by atoms with E-state index in [2.05, 4.69) is 20.0 Å². The third-order valence-electron chi connectivity index (χ3n) is 14.3. The summed E-state index contributed by atoms with van der Waals surface area (Å²) in [5.41, 5.74) is 6.24. The maximum absolute atomic E-state index is 12.9. The molecular weight excluding hydrogens is 1220 g/mol. The van der Waals surface area contributed by atoms with Gasteiger partial charge in [0.15, 0.2) is 29.5 Å². The van der Waals surface area contributed by atoms with Gasteiger partial charge in [0.25, 0.3) is 6.47 Å². The molecule has 0 aliphatic rings. The number of carboxylic acid groups (broad SMARTS) is 1. The number of ether oxygens (including phenoxy) is 1. The van der Waals surface area contributed by atoms with E-state index in [0.29, 0.717) is 43.8 Å². The topological polar surface area (TPSA) is 263 Å². The van der Waals surface area contributed by atoms with Gasteiger partial charge in [0.2, 0.25) is 5.76 Å². The number of carbonyl (C=O) groups is 4. The van der Waals surface area contributed by atoms with Crippen LogP contribution in [0.3, 0.4) is 0 Å². The van der Waals surface area contributed by atoms with Crippen molar-refractivity contribution in [1.29, 1.82) is 10.5 Å². The summed E-state index contributed by atoms with van der Waals surface area (Å²) in [5, 5.41) is 43.8. The fourth-order valence-electron chi connectivity index (χ4n) is 9.97. The van der Waals surface area contributed by atoms with E-state index >= 15 is 0 Å². The molecule has 0 aliphatic heterocycles. The Morgan fingerprint density at radius 2 is 0.793 bits per heavy atom. The lowest BCUT2D eigenvalue weighted by molar-refractivity contribution is -0.135. The van der Waals surface area contributed by atoms with E-state index in [-0.39, 0.29) is 29.3 Å². The Kier molecular flexibility index (Phi) is 17.2. The first-order chi connectivity index (χ1) is 44.9. The molecule has 6 aromatic carbocycles. The van der Waals surface area contributed by atoms with Crippen LogP contribution in [0.2, 0.25) is 0 Å². The number of hydrogen-bond acceptors (Lipinski definition) is 16. The summed E-state index contributed by atoms with van der Waals surface area (Å²) in [7, 11) is 0. The van der Waals surface area contributed by atoms with Crippen LogP contribution < -0.4 is 17.1 Å². The third kappa shape index (κ3) is 12.2. The van der Waals surface area contributed by atoms with E-state index < -0.39 is 12.4 Å². The molecule has 9 heterocycles. The SMILES string of the molecule is N#C/C(=C\c1ccc(-c2ccc(-n3nc4c5ccccc5ccn4c3=O)cc2)s1)OC=O.N#CCC(=O)O.O=Cc1ccc(-c2ccc(-n3nc4c5ccccc5ccn4c3=O)cc2)s1.O=Cc1ccc(-c2ccc(-n3nc4c5ccccc5ccn4c3=O)cc2)s1. The summed E-state index contributed by atoms with van der Waals surface area (Å²) in [6, 6.07) is 66.5. The van der Waals surface area contributed by atoms with E-state index in [4.69, 9.17) is 15.6 Å². The summed E-state index contributed by atoms with van der Waals surface area (Å²) >= 11 is 4.33. The molecule has 0 amide bonds. The maximum Gasteiger partial charge on any atom is 0.355 e. The number of fused-ring (bicyclic) bond motifs is 9. The Hall–Kier alpha value is -12.5. The van der Waals surface area contributed by atoms with Crippen molar-refractivity contribution in [3.63, 3.8) is 0 Å². The fraction of sp³-hybridized carbons (Fsp3) is 0.0145. The number of thiophene rings is 3. The quantitative estimate of drug-likeness (QED) is 0.0677. The Balaban J connectivity index is 0.000000128. The molecule has 0 atom stereocenters. The van der Waals surface area contributed by atoms with Crippen LogP contribution >= 0.6 is 34.0 Å². The van der Waals surface area contributed by atoms with Gasteiger partial charge in [-0.05, 0) is 124 Å². The van der Waals surface area contributed by atoms with Gasteiger partial charge in [-0.3, -0.25) is 19.2 Å². The zero-order valence-electron chi connectivity index (χ0n) is 47.7. The van der Waals surface area contributed by atoms with Gasteiger partial charge in [-0.2, -0.15) is 24.6 Å². The summed E-state index contributed by atoms with van der Waals surface area (Å²) in [5.74, 6) is -1.14. The maximum atomic E-state index is 12.9. The minimum Gasteiger partial charge on any atom is -0.480 e. The molecule has 0 unspecified atom stereocenters. The number of aldehydes is 2. The van der Waals surface area contributed by atoms with E-state index in [1.54, 1.807) is 43.9 Å². The number of nitriles is 2. The van der Waals surface area contributed by atoms with Crippen molar-refractivity contribution < 1.29 is 29.0 Å². The van der Waals surface area contributed by atoms with Crippen LogP contribution in [-0.2, 0) is 14.3 Å². The minimum atomic E-state index is -1.07. The van der Waals surface area contributed by atoms with Gasteiger partial charge >= 0.3 is 23.0 Å². The largest absolute Gasteiger partial charge is 0.480 e. The minimum absolute atomic E-state index is 0.0671. The van der Waals surface area contributed by atoms with Gasteiger partial charge in [0.05, 0.1) is 32.9 Å². The predicted octanol–water partition coefficient (Wildman–Crippen LogP) is 12.7. The van der Waals surface area contributed by atoms with E-state index in [1.807, 2.05) is 194 Å². The highest BCUT2D eigenvalue weighted by Crippen LogP contribution is 2.32. The lowest BCUT2D eigenvalue weighted by Gasteiger charge is -2.01. The smallest absolute Gasteiger partial charge is 0.355 e. The number of carbonyl (C=O) groups excluding carboxylic acids is 3. The predicted molar refractivity (Wildman–Crippen MR) is 354 cm³/mol. The summed E-state index contributed by atoms with van der Waals surface area (Å²) in [4.78, 5) is 85.2. The number of hydrogen-bond donors (Lipinski definition) is 1. The molecule has 1 N–H and O–H groups in total. The molecule has 0 spiro atoms. The molecule has 446 valence electrons. The van der Waals surface area contributed by atoms with Crippen LogP contribution in [0.1, 0.15) is 30.6 Å². The molecule has 23 heteroatoms. The van der Waals surface area contributed by atoms with Crippen LogP contribution in [0.15, 0.2) is 239 Å². The first kappa shape index (κ1) is 59.8. The fourth-order valence-corrected chi connectivity index (χ4v) is 12.6. The number of nitrogens with zero attached hydrogens (tertiary/aromatic N) is 11. The number of allylic oxidation sites excluding steroid dienone is 1. The molecule has 0 bridgehead atoms. The van der Waals surface area contributed by atoms with Crippen LogP contribution in [0.5, 0.6) is 0 Å². The summed E-state index contributed by atoms with van der Waals surface area (Å²) < 4.78 is 13.5. The average Bonchev–Trinajstić information content (AvgIpc) is 1.66. The van der Waals surface area contributed by atoms with Gasteiger partial charge in [0, 0.05) is 60.3 Å². The second-order valence-electron chi connectivity index (χ2n) is 19.9. The molecule has 0 aliphatic carbocycles. The van der Waals surface area contributed by atoms with Crippen molar-refractivity contribution in [1.82, 2.24) is 42.5 Å². The highest BCUT2D eigenvalue weighted by molar-refractivity contribution is 7.17. The molecule has 92 heavy (non-hydrogen) atoms. The Bertz CT molecular complexity index is 5420. The molecule has 9 aromatic heterocycles. The lowest BCUT2D eigenvalue weighted by atomic mass is 10.2. The van der Waals surface area contributed by atoms with Gasteiger partial charge in [0.1, 0.15) is 12.5 Å². The zero-order valence-corrected chi connectivity index (χ0v) is 50.1. The van der Waals surface area contributed by atoms with E-state index in [9.17, 15) is 33.6 Å². The molecule has 0 radical (unpaired) electrons. The highest BCUT2D eigenvalue weighted by Gasteiger charge is 2.16. The first-order valence-corrected chi connectivity index (χ1v) is 30.2. The third-order valence-corrected chi connectivity index (χ3v) is 17.5. The van der Waals surface area contributed by atoms with Crippen LogP contribution in [0.4, 0.5) is 0 Å². The summed E-state index contributed by atoms with van der Waals surface area (Å²) in [6.07, 6.45) is 8.06. The summed E-state index contributed by atoms with van der Waals surface area (Å²) in [6.45, 7) is 0.229. The Morgan fingerprint density at radius 3 is 1.09 bits per heavy atom. The van der Waals surface area contributed by atoms with Crippen LogP contribution in [0, 0.1) is 22.7 Å². The number of pyridine rings is 3. The second kappa shape index (κ2) is 26.4. The van der Waals surface area contributed by atoms with Crippen molar-refractivity contribution in [2.45, 2.75) is 6.42 Å². The monoisotopic (exact) mass is 1270 g/mol. The standard InChI is InChI=1S/C24H14N4O3S.2C21H13N3O2S.C3H3NO2/c25-14-19(31-15-29)13-20-9-10-22(32-20)17-5-7-18(8-6-17)28-24(30)27-12-11-16-3-1-2-4-21(16)23(27)26-28;2*25-13-17-9-10-19(27-17)15-5-7-16(8-6-15)24-21(26)23-12-11-14-3-1-2-4-18(14)20(23)22-24;4-2-1-3(5)6/h1-13,15H;2*1-13H;1H2,(H,5,6)/b19-13+;;;. The van der Waals surface area contributed by atoms with Crippen molar-refractivity contribution in [3.8, 4) is 60.5 Å². The normalized spacial score (nSPS) is 11.0. The lowest BCUT2D eigenvalue weighted by Crippen LogP contribution is -2.19. The van der Waals surface area contributed by atoms with Crippen molar-refractivity contribution in [2.24, 2.45) is 0 Å². The first-order valence-electron chi connectivity index (χ1n) is 27.7. The van der Waals surface area contributed by atoms with Crippen molar-refractivity contribution in [2.75, 3.05) is 0 Å². The molecular formula is C69H43N11O9S3.